The van der Waals surface area contributed by atoms with E-state index < -0.39 is 25.7 Å². The smallest absolute Gasteiger partial charge is 0.262 e. The van der Waals surface area contributed by atoms with Crippen LogP contribution in [0.3, 0.4) is 0 Å². The Bertz CT molecular complexity index is 619. The highest BCUT2D eigenvalue weighted by molar-refractivity contribution is 8.13. The molecule has 0 heterocycles. The van der Waals surface area contributed by atoms with E-state index >= 15 is 0 Å². The van der Waals surface area contributed by atoms with Gasteiger partial charge in [0.1, 0.15) is 10.7 Å². The highest BCUT2D eigenvalue weighted by atomic mass is 35.7. The van der Waals surface area contributed by atoms with Gasteiger partial charge in [0, 0.05) is 24.3 Å². The Morgan fingerprint density at radius 3 is 2.50 bits per heavy atom. The van der Waals surface area contributed by atoms with Crippen molar-refractivity contribution in [3.63, 3.8) is 0 Å². The zero-order chi connectivity index (χ0) is 15.5. The van der Waals surface area contributed by atoms with E-state index in [1.165, 1.54) is 11.9 Å². The number of halogens is 3. The molecule has 0 spiro atoms. The van der Waals surface area contributed by atoms with Crippen molar-refractivity contribution in [2.24, 2.45) is 0 Å². The van der Waals surface area contributed by atoms with Crippen molar-refractivity contribution < 1.29 is 17.6 Å². The van der Waals surface area contributed by atoms with E-state index in [0.717, 1.165) is 25.0 Å². The quantitative estimate of drug-likeness (QED) is 0.772. The van der Waals surface area contributed by atoms with Crippen molar-refractivity contribution in [1.82, 2.24) is 4.90 Å². The van der Waals surface area contributed by atoms with Gasteiger partial charge >= 0.3 is 0 Å². The van der Waals surface area contributed by atoms with Gasteiger partial charge in [-0.15, -0.1) is 0 Å². The lowest BCUT2D eigenvalue weighted by molar-refractivity contribution is 0.0788. The van der Waals surface area contributed by atoms with Crippen LogP contribution in [0.25, 0.3) is 0 Å². The second kappa shape index (κ2) is 6.74. The minimum Gasteiger partial charge on any atom is -0.342 e. The summed E-state index contributed by atoms with van der Waals surface area (Å²) in [5, 5.41) is -0.356. The average Bonchev–Trinajstić information content (AvgIpc) is 2.33. The van der Waals surface area contributed by atoms with E-state index in [9.17, 15) is 17.6 Å². The second-order valence-corrected chi connectivity index (χ2v) is 7.22. The van der Waals surface area contributed by atoms with Crippen molar-refractivity contribution in [2.75, 3.05) is 13.6 Å². The fourth-order valence-electron chi connectivity index (χ4n) is 1.58. The van der Waals surface area contributed by atoms with Gasteiger partial charge in [-0.3, -0.25) is 4.79 Å². The van der Waals surface area contributed by atoms with Gasteiger partial charge in [0.25, 0.3) is 15.0 Å². The standard InChI is InChI=1S/C12H14Cl2FNO3S/c1-3-4-5-16(2)12(17)8-6-11(20(14,18)19)9(13)7-10(8)15/h6-7H,3-5H2,1-2H3. The lowest BCUT2D eigenvalue weighted by Crippen LogP contribution is -2.28. The van der Waals surface area contributed by atoms with Gasteiger partial charge in [-0.05, 0) is 18.6 Å². The molecule has 0 aliphatic rings. The van der Waals surface area contributed by atoms with Crippen molar-refractivity contribution in [1.29, 1.82) is 0 Å². The molecule has 0 unspecified atom stereocenters. The molecular weight excluding hydrogens is 328 g/mol. The van der Waals surface area contributed by atoms with Gasteiger partial charge in [0.2, 0.25) is 0 Å². The van der Waals surface area contributed by atoms with Crippen LogP contribution < -0.4 is 0 Å². The molecule has 0 aromatic heterocycles. The topological polar surface area (TPSA) is 54.5 Å². The summed E-state index contributed by atoms with van der Waals surface area (Å²) in [6, 6.07) is 1.64. The van der Waals surface area contributed by atoms with Crippen LogP contribution in [-0.2, 0) is 9.05 Å². The molecule has 20 heavy (non-hydrogen) atoms. The van der Waals surface area contributed by atoms with Crippen molar-refractivity contribution in [2.45, 2.75) is 24.7 Å². The number of nitrogens with zero attached hydrogens (tertiary/aromatic N) is 1. The molecule has 0 aliphatic carbocycles. The van der Waals surface area contributed by atoms with Crippen molar-refractivity contribution in [3.8, 4) is 0 Å². The van der Waals surface area contributed by atoms with Crippen LogP contribution in [0.2, 0.25) is 5.02 Å². The van der Waals surface area contributed by atoms with Crippen molar-refractivity contribution in [3.05, 3.63) is 28.5 Å². The van der Waals surface area contributed by atoms with Crippen LogP contribution in [0.1, 0.15) is 30.1 Å². The highest BCUT2D eigenvalue weighted by Crippen LogP contribution is 2.28. The minimum absolute atomic E-state index is 0.356. The lowest BCUT2D eigenvalue weighted by atomic mass is 10.2. The Labute approximate surface area is 126 Å². The Morgan fingerprint density at radius 1 is 1.40 bits per heavy atom. The Hall–Kier alpha value is -0.850. The number of carbonyl (C=O) groups excluding carboxylic acids is 1. The molecule has 1 amide bonds. The number of benzene rings is 1. The third-order valence-electron chi connectivity index (χ3n) is 2.71. The van der Waals surface area contributed by atoms with Gasteiger partial charge in [-0.25, -0.2) is 12.8 Å². The molecule has 0 radical (unpaired) electrons. The normalized spacial score (nSPS) is 11.4. The zero-order valence-electron chi connectivity index (χ0n) is 11.0. The molecule has 1 aromatic carbocycles. The maximum Gasteiger partial charge on any atom is 0.262 e. The molecule has 8 heteroatoms. The van der Waals surface area contributed by atoms with Gasteiger partial charge < -0.3 is 4.90 Å². The predicted molar refractivity (Wildman–Crippen MR) is 76.3 cm³/mol. The third kappa shape index (κ3) is 4.07. The molecule has 0 saturated carbocycles. The molecule has 4 nitrogen and oxygen atoms in total. The Morgan fingerprint density at radius 2 is 2.00 bits per heavy atom. The average molecular weight is 342 g/mol. The fraction of sp³-hybridized carbons (Fsp3) is 0.417. The van der Waals surface area contributed by atoms with Crippen LogP contribution in [0, 0.1) is 5.82 Å². The van der Waals surface area contributed by atoms with Gasteiger partial charge in [-0.1, -0.05) is 24.9 Å². The van der Waals surface area contributed by atoms with E-state index in [-0.39, 0.29) is 10.6 Å². The molecule has 1 aromatic rings. The number of unbranched alkanes of at least 4 members (excludes halogenated alkanes) is 1. The summed E-state index contributed by atoms with van der Waals surface area (Å²) < 4.78 is 36.4. The predicted octanol–water partition coefficient (Wildman–Crippen LogP) is 3.28. The summed E-state index contributed by atoms with van der Waals surface area (Å²) in [7, 11) is 2.57. The number of amides is 1. The Balaban J connectivity index is 3.22. The molecular formula is C12H14Cl2FNO3S. The SMILES string of the molecule is CCCCN(C)C(=O)c1cc(S(=O)(=O)Cl)c(Cl)cc1F. The molecule has 0 bridgehead atoms. The van der Waals surface area contributed by atoms with Gasteiger partial charge in [0.15, 0.2) is 0 Å². The zero-order valence-corrected chi connectivity index (χ0v) is 13.3. The summed E-state index contributed by atoms with van der Waals surface area (Å²) in [6.07, 6.45) is 1.64. The summed E-state index contributed by atoms with van der Waals surface area (Å²) in [5.41, 5.74) is -0.368. The minimum atomic E-state index is -4.15. The molecule has 0 aliphatic heterocycles. The summed E-state index contributed by atoms with van der Waals surface area (Å²) in [6.45, 7) is 2.40. The first-order valence-electron chi connectivity index (χ1n) is 5.87. The maximum absolute atomic E-state index is 13.8. The van der Waals surface area contributed by atoms with E-state index in [4.69, 9.17) is 22.3 Å². The van der Waals surface area contributed by atoms with Crippen LogP contribution in [0.15, 0.2) is 17.0 Å². The van der Waals surface area contributed by atoms with Gasteiger partial charge in [0.05, 0.1) is 10.6 Å². The number of carbonyl (C=O) groups is 1. The molecule has 0 atom stereocenters. The van der Waals surface area contributed by atoms with Gasteiger partial charge in [-0.2, -0.15) is 0 Å². The lowest BCUT2D eigenvalue weighted by Gasteiger charge is -2.17. The van der Waals surface area contributed by atoms with E-state index in [0.29, 0.717) is 6.54 Å². The summed E-state index contributed by atoms with van der Waals surface area (Å²) in [5.74, 6) is -1.50. The summed E-state index contributed by atoms with van der Waals surface area (Å²) >= 11 is 5.63. The van der Waals surface area contributed by atoms with E-state index in [1.54, 1.807) is 0 Å². The first kappa shape index (κ1) is 17.2. The van der Waals surface area contributed by atoms with Crippen LogP contribution in [-0.4, -0.2) is 32.8 Å². The Kier molecular flexibility index (Phi) is 5.79. The number of hydrogen-bond donors (Lipinski definition) is 0. The maximum atomic E-state index is 13.8. The monoisotopic (exact) mass is 341 g/mol. The largest absolute Gasteiger partial charge is 0.342 e. The molecule has 0 fully saturated rings. The van der Waals surface area contributed by atoms with E-state index in [1.807, 2.05) is 6.92 Å². The molecule has 1 rings (SSSR count). The summed E-state index contributed by atoms with van der Waals surface area (Å²) in [4.78, 5) is 12.9. The number of hydrogen-bond acceptors (Lipinski definition) is 3. The first-order valence-corrected chi connectivity index (χ1v) is 8.56. The van der Waals surface area contributed by atoms with Crippen LogP contribution >= 0.6 is 22.3 Å². The molecule has 112 valence electrons. The first-order chi connectivity index (χ1) is 9.18. The van der Waals surface area contributed by atoms with Crippen molar-refractivity contribution >= 4 is 37.2 Å². The molecule has 0 saturated heterocycles. The second-order valence-electron chi connectivity index (χ2n) is 4.28. The number of rotatable bonds is 5. The highest BCUT2D eigenvalue weighted by Gasteiger charge is 2.23. The van der Waals surface area contributed by atoms with Crippen LogP contribution in [0.4, 0.5) is 4.39 Å². The third-order valence-corrected chi connectivity index (χ3v) is 4.50. The van der Waals surface area contributed by atoms with Crippen LogP contribution in [0.5, 0.6) is 0 Å². The van der Waals surface area contributed by atoms with E-state index in [2.05, 4.69) is 0 Å². The molecule has 0 N–H and O–H groups in total. The fourth-order valence-corrected chi connectivity index (χ4v) is 3.09.